The van der Waals surface area contributed by atoms with Crippen LogP contribution in [-0.2, 0) is 23.1 Å². The largest absolute Gasteiger partial charge is 0.378 e. The van der Waals surface area contributed by atoms with Crippen molar-refractivity contribution < 1.29 is 9.53 Å². The van der Waals surface area contributed by atoms with Crippen LogP contribution in [0.25, 0.3) is 0 Å². The molecule has 2 aliphatic rings. The van der Waals surface area contributed by atoms with Crippen LogP contribution in [0.5, 0.6) is 0 Å². The topological polar surface area (TPSA) is 50.6 Å². The van der Waals surface area contributed by atoms with E-state index in [1.54, 1.807) is 0 Å². The van der Waals surface area contributed by atoms with Crippen LogP contribution < -0.4 is 0 Å². The van der Waals surface area contributed by atoms with E-state index in [4.69, 9.17) is 4.74 Å². The van der Waals surface area contributed by atoms with E-state index in [0.29, 0.717) is 26.3 Å². The van der Waals surface area contributed by atoms with Gasteiger partial charge < -0.3 is 9.64 Å². The Hall–Kier alpha value is -1.40. The number of aryl methyl sites for hydroxylation is 1. The summed E-state index contributed by atoms with van der Waals surface area (Å²) in [5.74, 6) is 0.259. The first kappa shape index (κ1) is 15.5. The molecular weight excluding hydrogens is 280 g/mol. The van der Waals surface area contributed by atoms with E-state index in [2.05, 4.69) is 23.8 Å². The van der Waals surface area contributed by atoms with Crippen molar-refractivity contribution in [2.75, 3.05) is 32.8 Å². The van der Waals surface area contributed by atoms with Crippen LogP contribution >= 0.6 is 0 Å². The molecule has 0 aromatic carbocycles. The quantitative estimate of drug-likeness (QED) is 0.834. The maximum absolute atomic E-state index is 13.0. The molecule has 1 unspecified atom stereocenters. The van der Waals surface area contributed by atoms with Gasteiger partial charge in [-0.25, -0.2) is 0 Å². The monoisotopic (exact) mass is 306 g/mol. The van der Waals surface area contributed by atoms with E-state index in [1.807, 2.05) is 22.8 Å². The Morgan fingerprint density at radius 3 is 2.73 bits per heavy atom. The van der Waals surface area contributed by atoms with E-state index in [-0.39, 0.29) is 11.4 Å². The lowest BCUT2D eigenvalue weighted by atomic mass is 9.96. The lowest BCUT2D eigenvalue weighted by molar-refractivity contribution is -0.146. The van der Waals surface area contributed by atoms with Crippen molar-refractivity contribution in [1.82, 2.24) is 19.6 Å². The Balaban J connectivity index is 1.76. The fraction of sp³-hybridized carbons (Fsp3) is 0.750. The van der Waals surface area contributed by atoms with Gasteiger partial charge in [-0.2, -0.15) is 5.10 Å². The van der Waals surface area contributed by atoms with Crippen molar-refractivity contribution in [2.24, 2.45) is 7.05 Å². The second-order valence-corrected chi connectivity index (χ2v) is 6.58. The van der Waals surface area contributed by atoms with Crippen molar-refractivity contribution in [3.63, 3.8) is 0 Å². The maximum Gasteiger partial charge on any atom is 0.242 e. The molecule has 0 saturated carbocycles. The number of carbonyl (C=O) groups is 1. The molecule has 0 aliphatic carbocycles. The third kappa shape index (κ3) is 2.65. The highest BCUT2D eigenvalue weighted by Gasteiger charge is 2.45. The Morgan fingerprint density at radius 2 is 2.09 bits per heavy atom. The summed E-state index contributed by atoms with van der Waals surface area (Å²) in [6.07, 6.45) is 3.93. The molecule has 0 N–H and O–H groups in total. The first-order valence-electron chi connectivity index (χ1n) is 8.12. The minimum atomic E-state index is -0.389. The summed E-state index contributed by atoms with van der Waals surface area (Å²) >= 11 is 0. The molecule has 22 heavy (non-hydrogen) atoms. The Bertz CT molecular complexity index is 550. The highest BCUT2D eigenvalue weighted by atomic mass is 16.5. The fourth-order valence-corrected chi connectivity index (χ4v) is 3.53. The third-order valence-corrected chi connectivity index (χ3v) is 5.25. The van der Waals surface area contributed by atoms with E-state index >= 15 is 0 Å². The third-order valence-electron chi connectivity index (χ3n) is 5.25. The van der Waals surface area contributed by atoms with E-state index in [1.165, 1.54) is 11.3 Å². The molecule has 1 atom stereocenters. The van der Waals surface area contributed by atoms with Gasteiger partial charge in [0.1, 0.15) is 0 Å². The Kier molecular flexibility index (Phi) is 4.23. The van der Waals surface area contributed by atoms with Crippen LogP contribution in [0.2, 0.25) is 0 Å². The molecule has 6 heteroatoms. The predicted octanol–water partition coefficient (Wildman–Crippen LogP) is 0.942. The normalized spacial score (nSPS) is 26.6. The molecule has 3 heterocycles. The number of morpholine rings is 1. The van der Waals surface area contributed by atoms with Crippen LogP contribution in [0.15, 0.2) is 6.20 Å². The average Bonchev–Trinajstić information content (AvgIpc) is 3.06. The highest BCUT2D eigenvalue weighted by molar-refractivity contribution is 5.86. The number of hydrogen-bond donors (Lipinski definition) is 0. The van der Waals surface area contributed by atoms with Gasteiger partial charge in [0.05, 0.1) is 24.9 Å². The van der Waals surface area contributed by atoms with E-state index < -0.39 is 0 Å². The number of rotatable bonds is 3. The molecule has 2 saturated heterocycles. The summed E-state index contributed by atoms with van der Waals surface area (Å²) in [4.78, 5) is 17.3. The van der Waals surface area contributed by atoms with Gasteiger partial charge in [0.2, 0.25) is 5.91 Å². The number of nitrogens with zero attached hydrogens (tertiary/aromatic N) is 4. The summed E-state index contributed by atoms with van der Waals surface area (Å²) in [5.41, 5.74) is 2.00. The second-order valence-electron chi connectivity index (χ2n) is 6.58. The van der Waals surface area contributed by atoms with Crippen LogP contribution in [0, 0.1) is 6.92 Å². The lowest BCUT2D eigenvalue weighted by Gasteiger charge is -2.39. The minimum absolute atomic E-state index is 0.259. The summed E-state index contributed by atoms with van der Waals surface area (Å²) in [6.45, 7) is 8.70. The summed E-state index contributed by atoms with van der Waals surface area (Å²) < 4.78 is 7.26. The van der Waals surface area contributed by atoms with Gasteiger partial charge in [-0.3, -0.25) is 14.4 Å². The molecule has 1 aromatic rings. The zero-order valence-corrected chi connectivity index (χ0v) is 13.8. The molecule has 1 aromatic heterocycles. The molecule has 122 valence electrons. The summed E-state index contributed by atoms with van der Waals surface area (Å²) in [5, 5.41) is 4.32. The van der Waals surface area contributed by atoms with Gasteiger partial charge in [0.15, 0.2) is 0 Å². The fourth-order valence-electron chi connectivity index (χ4n) is 3.53. The lowest BCUT2D eigenvalue weighted by Crippen LogP contribution is -2.56. The number of likely N-dealkylation sites (tertiary alicyclic amines) is 1. The Labute approximate surface area is 132 Å². The summed E-state index contributed by atoms with van der Waals surface area (Å²) in [7, 11) is 1.96. The van der Waals surface area contributed by atoms with Crippen LogP contribution in [0.1, 0.15) is 31.0 Å². The van der Waals surface area contributed by atoms with Gasteiger partial charge in [-0.15, -0.1) is 0 Å². The van der Waals surface area contributed by atoms with E-state index in [0.717, 1.165) is 25.9 Å². The SMILES string of the molecule is Cc1c(CN2CCCC2(C)C(=O)N2CCOCC2)cnn1C. The highest BCUT2D eigenvalue weighted by Crippen LogP contribution is 2.33. The molecule has 0 bridgehead atoms. The molecule has 3 rings (SSSR count). The van der Waals surface area contributed by atoms with Crippen molar-refractivity contribution in [2.45, 2.75) is 38.8 Å². The minimum Gasteiger partial charge on any atom is -0.378 e. The average molecular weight is 306 g/mol. The predicted molar refractivity (Wildman–Crippen MR) is 83.4 cm³/mol. The standard InChI is InChI=1S/C16H26N4O2/c1-13-14(11-17-18(13)3)12-20-6-4-5-16(20,2)15(21)19-7-9-22-10-8-19/h11H,4-10,12H2,1-3H3. The number of ether oxygens (including phenoxy) is 1. The second kappa shape index (κ2) is 6.01. The van der Waals surface area contributed by atoms with Crippen LogP contribution in [0.3, 0.4) is 0 Å². The molecular formula is C16H26N4O2. The zero-order chi connectivity index (χ0) is 15.7. The van der Waals surface area contributed by atoms with Gasteiger partial charge in [-0.1, -0.05) is 0 Å². The molecule has 2 fully saturated rings. The molecule has 0 spiro atoms. The van der Waals surface area contributed by atoms with Gasteiger partial charge in [0.25, 0.3) is 0 Å². The van der Waals surface area contributed by atoms with Crippen molar-refractivity contribution in [3.05, 3.63) is 17.5 Å². The first-order chi connectivity index (χ1) is 10.5. The van der Waals surface area contributed by atoms with Crippen molar-refractivity contribution in [1.29, 1.82) is 0 Å². The number of aromatic nitrogens is 2. The van der Waals surface area contributed by atoms with E-state index in [9.17, 15) is 4.79 Å². The molecule has 6 nitrogen and oxygen atoms in total. The summed E-state index contributed by atoms with van der Waals surface area (Å²) in [6, 6.07) is 0. The van der Waals surface area contributed by atoms with Crippen molar-refractivity contribution >= 4 is 5.91 Å². The first-order valence-corrected chi connectivity index (χ1v) is 8.12. The van der Waals surface area contributed by atoms with Crippen LogP contribution in [-0.4, -0.2) is 63.9 Å². The number of hydrogen-bond acceptors (Lipinski definition) is 4. The van der Waals surface area contributed by atoms with Gasteiger partial charge in [0, 0.05) is 37.9 Å². The molecule has 1 amide bonds. The number of carbonyl (C=O) groups excluding carboxylic acids is 1. The smallest absolute Gasteiger partial charge is 0.242 e. The number of amides is 1. The van der Waals surface area contributed by atoms with Crippen molar-refractivity contribution in [3.8, 4) is 0 Å². The van der Waals surface area contributed by atoms with Gasteiger partial charge >= 0.3 is 0 Å². The van der Waals surface area contributed by atoms with Gasteiger partial charge in [-0.05, 0) is 33.2 Å². The maximum atomic E-state index is 13.0. The zero-order valence-electron chi connectivity index (χ0n) is 13.8. The van der Waals surface area contributed by atoms with Crippen LogP contribution in [0.4, 0.5) is 0 Å². The Morgan fingerprint density at radius 1 is 1.36 bits per heavy atom. The molecule has 2 aliphatic heterocycles. The molecule has 0 radical (unpaired) electrons.